The maximum Gasteiger partial charge on any atom is 0.230 e. The van der Waals surface area contributed by atoms with E-state index in [1.165, 1.54) is 24.6 Å². The fourth-order valence-electron chi connectivity index (χ4n) is 2.22. The lowest BCUT2D eigenvalue weighted by Gasteiger charge is -2.06. The van der Waals surface area contributed by atoms with Crippen LogP contribution in [0.5, 0.6) is 0 Å². The van der Waals surface area contributed by atoms with E-state index in [1.54, 1.807) is 11.8 Å². The molecule has 8 heteroatoms. The fourth-order valence-corrected chi connectivity index (χ4v) is 3.86. The van der Waals surface area contributed by atoms with Gasteiger partial charge in [0, 0.05) is 35.2 Å². The number of amides is 1. The molecule has 2 aromatic rings. The quantitative estimate of drug-likeness (QED) is 0.560. The van der Waals surface area contributed by atoms with Crippen molar-refractivity contribution in [3.05, 3.63) is 35.1 Å². The molecule has 1 aliphatic rings. The third kappa shape index (κ3) is 4.91. The highest BCUT2D eigenvalue weighted by Crippen LogP contribution is 2.39. The van der Waals surface area contributed by atoms with Crippen LogP contribution in [-0.4, -0.2) is 38.7 Å². The first-order chi connectivity index (χ1) is 11.6. The second kappa shape index (κ2) is 8.27. The Morgan fingerprint density at radius 2 is 2.04 bits per heavy atom. The molecule has 0 unspecified atom stereocenters. The minimum absolute atomic E-state index is 0.0210. The van der Waals surface area contributed by atoms with E-state index < -0.39 is 0 Å². The van der Waals surface area contributed by atoms with Crippen molar-refractivity contribution in [3.8, 4) is 0 Å². The maximum absolute atomic E-state index is 11.9. The Kier molecular flexibility index (Phi) is 6.08. The van der Waals surface area contributed by atoms with Gasteiger partial charge in [0.2, 0.25) is 5.91 Å². The number of hydrogen-bond donors (Lipinski definition) is 1. The number of carbonyl (C=O) groups is 1. The summed E-state index contributed by atoms with van der Waals surface area (Å²) in [6, 6.07) is 7.71. The molecule has 1 aromatic carbocycles. The highest BCUT2D eigenvalue weighted by Gasteiger charge is 2.29. The molecule has 1 fully saturated rings. The molecule has 5 nitrogen and oxygen atoms in total. The summed E-state index contributed by atoms with van der Waals surface area (Å²) in [5, 5.41) is 12.9. The number of carbonyl (C=O) groups excluding carboxylic acids is 1. The minimum atomic E-state index is 0.0210. The van der Waals surface area contributed by atoms with E-state index in [4.69, 9.17) is 11.6 Å². The molecule has 1 saturated carbocycles. The number of benzene rings is 1. The molecule has 0 atom stereocenters. The molecule has 1 heterocycles. The van der Waals surface area contributed by atoms with E-state index in [9.17, 15) is 4.79 Å². The van der Waals surface area contributed by atoms with Crippen LogP contribution in [0, 0.1) is 0 Å². The fraction of sp³-hybridized carbons (Fsp3) is 0.438. The Balaban J connectivity index is 1.34. The first-order valence-electron chi connectivity index (χ1n) is 7.80. The van der Waals surface area contributed by atoms with Crippen molar-refractivity contribution in [1.82, 2.24) is 20.1 Å². The molecule has 24 heavy (non-hydrogen) atoms. The van der Waals surface area contributed by atoms with Crippen LogP contribution in [0.1, 0.15) is 24.6 Å². The number of aromatic nitrogens is 3. The standard InChI is InChI=1S/C16H19ClN4OS2/c1-21-15(11-2-3-11)19-20-16(21)24-10-14(22)18-8-9-23-13-6-4-12(17)5-7-13/h4-7,11H,2-3,8-10H2,1H3,(H,18,22). The number of thioether (sulfide) groups is 2. The van der Waals surface area contributed by atoms with Crippen LogP contribution >= 0.6 is 35.1 Å². The van der Waals surface area contributed by atoms with Crippen molar-refractivity contribution in [1.29, 1.82) is 0 Å². The first-order valence-corrected chi connectivity index (χ1v) is 10.2. The minimum Gasteiger partial charge on any atom is -0.355 e. The van der Waals surface area contributed by atoms with Gasteiger partial charge in [0.25, 0.3) is 0 Å². The lowest BCUT2D eigenvalue weighted by Crippen LogP contribution is -2.27. The summed E-state index contributed by atoms with van der Waals surface area (Å²) in [7, 11) is 1.97. The van der Waals surface area contributed by atoms with Crippen molar-refractivity contribution in [2.45, 2.75) is 28.8 Å². The van der Waals surface area contributed by atoms with E-state index in [0.717, 1.165) is 26.7 Å². The normalized spacial score (nSPS) is 13.9. The Labute approximate surface area is 154 Å². The number of halogens is 1. The summed E-state index contributed by atoms with van der Waals surface area (Å²) in [5.41, 5.74) is 0. The third-order valence-electron chi connectivity index (χ3n) is 3.65. The van der Waals surface area contributed by atoms with E-state index >= 15 is 0 Å². The molecule has 1 aromatic heterocycles. The van der Waals surface area contributed by atoms with Gasteiger partial charge in [-0.15, -0.1) is 22.0 Å². The predicted molar refractivity (Wildman–Crippen MR) is 98.9 cm³/mol. The molecular weight excluding hydrogens is 364 g/mol. The second-order valence-electron chi connectivity index (χ2n) is 5.62. The van der Waals surface area contributed by atoms with Gasteiger partial charge in [-0.3, -0.25) is 4.79 Å². The first kappa shape index (κ1) is 17.6. The SMILES string of the molecule is Cn1c(SCC(=O)NCCSc2ccc(Cl)cc2)nnc1C1CC1. The van der Waals surface area contributed by atoms with Gasteiger partial charge in [-0.05, 0) is 37.1 Å². The average molecular weight is 383 g/mol. The topological polar surface area (TPSA) is 59.8 Å². The van der Waals surface area contributed by atoms with Gasteiger partial charge in [0.05, 0.1) is 5.75 Å². The summed E-state index contributed by atoms with van der Waals surface area (Å²) in [6.45, 7) is 0.638. The highest BCUT2D eigenvalue weighted by molar-refractivity contribution is 7.99. The maximum atomic E-state index is 11.9. The Morgan fingerprint density at radius 1 is 1.29 bits per heavy atom. The van der Waals surface area contributed by atoms with Crippen LogP contribution in [0.25, 0.3) is 0 Å². The van der Waals surface area contributed by atoms with E-state index in [1.807, 2.05) is 35.9 Å². The zero-order chi connectivity index (χ0) is 16.9. The van der Waals surface area contributed by atoms with Gasteiger partial charge in [0.15, 0.2) is 5.16 Å². The van der Waals surface area contributed by atoms with Crippen LogP contribution in [0.4, 0.5) is 0 Å². The van der Waals surface area contributed by atoms with E-state index in [2.05, 4.69) is 15.5 Å². The van der Waals surface area contributed by atoms with Gasteiger partial charge in [0.1, 0.15) is 5.82 Å². The van der Waals surface area contributed by atoms with Crippen LogP contribution < -0.4 is 5.32 Å². The molecule has 1 N–H and O–H groups in total. The zero-order valence-electron chi connectivity index (χ0n) is 13.4. The van der Waals surface area contributed by atoms with Crippen molar-refractivity contribution >= 4 is 41.0 Å². The third-order valence-corrected chi connectivity index (χ3v) is 5.94. The molecule has 0 bridgehead atoms. The van der Waals surface area contributed by atoms with Gasteiger partial charge in [-0.1, -0.05) is 23.4 Å². The monoisotopic (exact) mass is 382 g/mol. The number of hydrogen-bond acceptors (Lipinski definition) is 5. The highest BCUT2D eigenvalue weighted by atomic mass is 35.5. The van der Waals surface area contributed by atoms with Gasteiger partial charge in [-0.25, -0.2) is 0 Å². The number of rotatable bonds is 8. The molecule has 128 valence electrons. The lowest BCUT2D eigenvalue weighted by molar-refractivity contribution is -0.118. The van der Waals surface area contributed by atoms with E-state index in [0.29, 0.717) is 18.2 Å². The Bertz CT molecular complexity index is 701. The summed E-state index contributed by atoms with van der Waals surface area (Å²) in [4.78, 5) is 13.1. The molecule has 1 amide bonds. The Morgan fingerprint density at radius 3 is 2.75 bits per heavy atom. The van der Waals surface area contributed by atoms with Gasteiger partial charge < -0.3 is 9.88 Å². The van der Waals surface area contributed by atoms with Crippen LogP contribution in [0.15, 0.2) is 34.3 Å². The molecule has 3 rings (SSSR count). The second-order valence-corrected chi connectivity index (χ2v) is 8.16. The van der Waals surface area contributed by atoms with Crippen molar-refractivity contribution in [2.75, 3.05) is 18.1 Å². The Hall–Kier alpha value is -1.18. The zero-order valence-corrected chi connectivity index (χ0v) is 15.8. The predicted octanol–water partition coefficient (Wildman–Crippen LogP) is 3.35. The average Bonchev–Trinajstić information content (AvgIpc) is 3.35. The van der Waals surface area contributed by atoms with E-state index in [-0.39, 0.29) is 5.91 Å². The molecule has 0 radical (unpaired) electrons. The smallest absolute Gasteiger partial charge is 0.230 e. The summed E-state index contributed by atoms with van der Waals surface area (Å²) >= 11 is 8.98. The van der Waals surface area contributed by atoms with Crippen molar-refractivity contribution in [2.24, 2.45) is 7.05 Å². The molecule has 0 aliphatic heterocycles. The number of nitrogens with one attached hydrogen (secondary N) is 1. The van der Waals surface area contributed by atoms with Crippen LogP contribution in [-0.2, 0) is 11.8 Å². The van der Waals surface area contributed by atoms with Gasteiger partial charge >= 0.3 is 0 Å². The summed E-state index contributed by atoms with van der Waals surface area (Å²) < 4.78 is 2.01. The van der Waals surface area contributed by atoms with Gasteiger partial charge in [-0.2, -0.15) is 0 Å². The van der Waals surface area contributed by atoms with Crippen molar-refractivity contribution in [3.63, 3.8) is 0 Å². The van der Waals surface area contributed by atoms with Crippen LogP contribution in [0.3, 0.4) is 0 Å². The van der Waals surface area contributed by atoms with Crippen molar-refractivity contribution < 1.29 is 4.79 Å². The largest absolute Gasteiger partial charge is 0.355 e. The molecular formula is C16H19ClN4OS2. The summed E-state index contributed by atoms with van der Waals surface area (Å²) in [6.07, 6.45) is 2.39. The van der Waals surface area contributed by atoms with Crippen LogP contribution in [0.2, 0.25) is 5.02 Å². The molecule has 1 aliphatic carbocycles. The lowest BCUT2D eigenvalue weighted by atomic mass is 10.4. The summed E-state index contributed by atoms with van der Waals surface area (Å²) in [5.74, 6) is 2.82. The molecule has 0 saturated heterocycles. The number of nitrogens with zero attached hydrogens (tertiary/aromatic N) is 3. The molecule has 0 spiro atoms.